The molecule has 1 saturated heterocycles. The summed E-state index contributed by atoms with van der Waals surface area (Å²) in [7, 11) is 1.60. The highest BCUT2D eigenvalue weighted by atomic mass is 16.5. The minimum atomic E-state index is -0.316. The number of nitriles is 1. The maximum absolute atomic E-state index is 12.4. The number of amides is 2. The minimum Gasteiger partial charge on any atom is -0.497 e. The second kappa shape index (κ2) is 8.73. The zero-order valence-electron chi connectivity index (χ0n) is 14.5. The monoisotopic (exact) mass is 342 g/mol. The zero-order valence-corrected chi connectivity index (χ0v) is 14.5. The summed E-state index contributed by atoms with van der Waals surface area (Å²) in [6.07, 6.45) is 1.44. The number of nitrogens with one attached hydrogen (secondary N) is 1. The molecule has 0 aromatic heterocycles. The average molecular weight is 342 g/mol. The van der Waals surface area contributed by atoms with E-state index in [2.05, 4.69) is 5.32 Å². The van der Waals surface area contributed by atoms with Gasteiger partial charge in [0.1, 0.15) is 17.4 Å². The van der Waals surface area contributed by atoms with Crippen LogP contribution >= 0.6 is 0 Å². The Labute approximate surface area is 147 Å². The second-order valence-corrected chi connectivity index (χ2v) is 5.70. The summed E-state index contributed by atoms with van der Waals surface area (Å²) in [5.74, 6) is 0.440. The summed E-state index contributed by atoms with van der Waals surface area (Å²) in [6.45, 7) is 3.86. The smallest absolute Gasteiger partial charge is 0.266 e. The third-order valence-corrected chi connectivity index (χ3v) is 4.05. The number of nitrogens with zero attached hydrogens (tertiary/aromatic N) is 3. The lowest BCUT2D eigenvalue weighted by Gasteiger charge is -2.34. The number of rotatable bonds is 5. The van der Waals surface area contributed by atoms with Crippen LogP contribution in [0.5, 0.6) is 5.75 Å². The molecule has 0 bridgehead atoms. The van der Waals surface area contributed by atoms with Gasteiger partial charge in [-0.2, -0.15) is 5.26 Å². The number of methoxy groups -OCH3 is 1. The van der Waals surface area contributed by atoms with E-state index in [4.69, 9.17) is 4.74 Å². The molecule has 25 heavy (non-hydrogen) atoms. The van der Waals surface area contributed by atoms with Gasteiger partial charge in [-0.05, 0) is 17.7 Å². The maximum atomic E-state index is 12.4. The lowest BCUT2D eigenvalue weighted by Crippen LogP contribution is -2.50. The largest absolute Gasteiger partial charge is 0.497 e. The fraction of sp³-hybridized carbons (Fsp3) is 0.389. The van der Waals surface area contributed by atoms with Gasteiger partial charge in [-0.25, -0.2) is 0 Å². The fourth-order valence-corrected chi connectivity index (χ4v) is 2.59. The number of carbonyl (C=O) groups is 2. The first kappa shape index (κ1) is 18.3. The van der Waals surface area contributed by atoms with Crippen LogP contribution in [-0.2, 0) is 16.1 Å². The van der Waals surface area contributed by atoms with Crippen LogP contribution in [-0.4, -0.2) is 54.9 Å². The number of ether oxygens (including phenoxy) is 1. The molecule has 0 atom stereocenters. The molecule has 1 fully saturated rings. The third-order valence-electron chi connectivity index (χ3n) is 4.05. The number of piperazine rings is 1. The molecule has 1 aliphatic rings. The zero-order chi connectivity index (χ0) is 18.2. The second-order valence-electron chi connectivity index (χ2n) is 5.70. The molecule has 7 nitrogen and oxygen atoms in total. The van der Waals surface area contributed by atoms with E-state index >= 15 is 0 Å². The van der Waals surface area contributed by atoms with Crippen LogP contribution < -0.4 is 10.1 Å². The summed E-state index contributed by atoms with van der Waals surface area (Å²) in [6, 6.07) is 9.49. The lowest BCUT2D eigenvalue weighted by molar-refractivity contribution is -0.136. The van der Waals surface area contributed by atoms with Gasteiger partial charge < -0.3 is 19.9 Å². The van der Waals surface area contributed by atoms with Gasteiger partial charge in [-0.3, -0.25) is 9.59 Å². The maximum Gasteiger partial charge on any atom is 0.266 e. The average Bonchev–Trinajstić information content (AvgIpc) is 2.65. The molecule has 1 aromatic rings. The van der Waals surface area contributed by atoms with Crippen LogP contribution in [0, 0.1) is 11.3 Å². The first-order valence-electron chi connectivity index (χ1n) is 8.06. The predicted octanol–water partition coefficient (Wildman–Crippen LogP) is 0.883. The highest BCUT2D eigenvalue weighted by molar-refractivity contribution is 5.97. The minimum absolute atomic E-state index is 0.00287. The molecule has 0 spiro atoms. The van der Waals surface area contributed by atoms with E-state index in [1.165, 1.54) is 13.1 Å². The van der Waals surface area contributed by atoms with Crippen LogP contribution in [0.2, 0.25) is 0 Å². The van der Waals surface area contributed by atoms with Crippen molar-refractivity contribution in [2.45, 2.75) is 13.5 Å². The van der Waals surface area contributed by atoms with Gasteiger partial charge in [0.25, 0.3) is 5.91 Å². The first-order chi connectivity index (χ1) is 12.0. The number of carbonyl (C=O) groups excluding carboxylic acids is 2. The molecule has 1 aromatic carbocycles. The van der Waals surface area contributed by atoms with Crippen molar-refractivity contribution < 1.29 is 14.3 Å². The third kappa shape index (κ3) is 4.98. The first-order valence-corrected chi connectivity index (χ1v) is 8.06. The summed E-state index contributed by atoms with van der Waals surface area (Å²) < 4.78 is 5.16. The number of hydrogen-bond acceptors (Lipinski definition) is 5. The fourth-order valence-electron chi connectivity index (χ4n) is 2.59. The molecule has 1 heterocycles. The Balaban J connectivity index is 1.92. The predicted molar refractivity (Wildman–Crippen MR) is 92.4 cm³/mol. The van der Waals surface area contributed by atoms with E-state index < -0.39 is 0 Å². The molecule has 7 heteroatoms. The Morgan fingerprint density at radius 3 is 2.56 bits per heavy atom. The van der Waals surface area contributed by atoms with Crippen molar-refractivity contribution in [1.82, 2.24) is 15.1 Å². The lowest BCUT2D eigenvalue weighted by atomic mass is 10.2. The molecule has 0 aliphatic carbocycles. The van der Waals surface area contributed by atoms with Crippen molar-refractivity contribution in [3.05, 3.63) is 41.6 Å². The Hall–Kier alpha value is -3.01. The molecule has 1 aliphatic heterocycles. The van der Waals surface area contributed by atoms with Crippen molar-refractivity contribution in [1.29, 1.82) is 5.26 Å². The number of hydrogen-bond donors (Lipinski definition) is 1. The molecular formula is C18H22N4O3. The van der Waals surface area contributed by atoms with Crippen molar-refractivity contribution in [3.63, 3.8) is 0 Å². The molecule has 1 N–H and O–H groups in total. The molecule has 0 unspecified atom stereocenters. The van der Waals surface area contributed by atoms with Gasteiger partial charge >= 0.3 is 0 Å². The standard InChI is InChI=1S/C18H22N4O3/c1-14(23)21-6-8-22(9-7-21)18(24)16(11-19)13-20-12-15-4-3-5-17(10-15)25-2/h3-5,10,13,20H,6-9,12H2,1-2H3/b16-13-. The Morgan fingerprint density at radius 1 is 1.28 bits per heavy atom. The van der Waals surface area contributed by atoms with Gasteiger partial charge in [-0.1, -0.05) is 12.1 Å². The van der Waals surface area contributed by atoms with Gasteiger partial charge in [0.05, 0.1) is 7.11 Å². The summed E-state index contributed by atoms with van der Waals surface area (Å²) in [4.78, 5) is 27.0. The normalized spacial score (nSPS) is 14.7. The van der Waals surface area contributed by atoms with Crippen LogP contribution in [0.15, 0.2) is 36.0 Å². The number of benzene rings is 1. The van der Waals surface area contributed by atoms with Crippen molar-refractivity contribution in [2.75, 3.05) is 33.3 Å². The summed E-state index contributed by atoms with van der Waals surface area (Å²) in [5, 5.41) is 12.3. The van der Waals surface area contributed by atoms with Crippen molar-refractivity contribution >= 4 is 11.8 Å². The van der Waals surface area contributed by atoms with Crippen LogP contribution in [0.1, 0.15) is 12.5 Å². The Bertz CT molecular complexity index is 701. The SMILES string of the molecule is COc1cccc(CN/C=C(/C#N)C(=O)N2CCN(C(C)=O)CC2)c1. The summed E-state index contributed by atoms with van der Waals surface area (Å²) >= 11 is 0. The molecule has 2 amide bonds. The van der Waals surface area contributed by atoms with Crippen molar-refractivity contribution in [2.24, 2.45) is 0 Å². The Morgan fingerprint density at radius 2 is 1.96 bits per heavy atom. The summed E-state index contributed by atoms with van der Waals surface area (Å²) in [5.41, 5.74) is 1.04. The van der Waals surface area contributed by atoms with Crippen LogP contribution in [0.3, 0.4) is 0 Å². The molecule has 2 rings (SSSR count). The van der Waals surface area contributed by atoms with Crippen LogP contribution in [0.25, 0.3) is 0 Å². The molecule has 0 saturated carbocycles. The molecular weight excluding hydrogens is 320 g/mol. The van der Waals surface area contributed by atoms with E-state index in [9.17, 15) is 14.9 Å². The quantitative estimate of drug-likeness (QED) is 0.634. The topological polar surface area (TPSA) is 85.7 Å². The van der Waals surface area contributed by atoms with E-state index in [1.54, 1.807) is 16.9 Å². The van der Waals surface area contributed by atoms with Crippen molar-refractivity contribution in [3.8, 4) is 11.8 Å². The van der Waals surface area contributed by atoms with Gasteiger partial charge in [-0.15, -0.1) is 0 Å². The van der Waals surface area contributed by atoms with Gasteiger partial charge in [0.15, 0.2) is 0 Å². The highest BCUT2D eigenvalue weighted by Crippen LogP contribution is 2.12. The molecule has 0 radical (unpaired) electrons. The van der Waals surface area contributed by atoms with Gasteiger partial charge in [0, 0.05) is 45.8 Å². The van der Waals surface area contributed by atoms with Crippen LogP contribution in [0.4, 0.5) is 0 Å². The van der Waals surface area contributed by atoms with E-state index in [0.717, 1.165) is 11.3 Å². The van der Waals surface area contributed by atoms with E-state index in [0.29, 0.717) is 32.7 Å². The van der Waals surface area contributed by atoms with Gasteiger partial charge in [0.2, 0.25) is 5.91 Å². The van der Waals surface area contributed by atoms with E-state index in [1.807, 2.05) is 30.3 Å². The molecule has 132 valence electrons. The highest BCUT2D eigenvalue weighted by Gasteiger charge is 2.24. The van der Waals surface area contributed by atoms with E-state index in [-0.39, 0.29) is 17.4 Å². The Kier molecular flexibility index (Phi) is 6.40.